The molecule has 30 heavy (non-hydrogen) atoms. The zero-order chi connectivity index (χ0) is 21.7. The number of halogens is 1. The van der Waals surface area contributed by atoms with Crippen molar-refractivity contribution in [1.29, 1.82) is 0 Å². The van der Waals surface area contributed by atoms with E-state index in [-0.39, 0.29) is 18.0 Å². The first kappa shape index (κ1) is 22.3. The molecule has 1 amide bonds. The molecule has 1 aliphatic rings. The molecular weight excluding hydrogens is 405 g/mol. The number of ether oxygens (including phenoxy) is 2. The van der Waals surface area contributed by atoms with Crippen LogP contribution in [0.2, 0.25) is 0 Å². The molecule has 0 aliphatic carbocycles. The topological polar surface area (TPSA) is 55.8 Å². The predicted molar refractivity (Wildman–Crippen MR) is 116 cm³/mol. The highest BCUT2D eigenvalue weighted by Crippen LogP contribution is 2.27. The Morgan fingerprint density at radius 3 is 2.40 bits per heavy atom. The van der Waals surface area contributed by atoms with Crippen LogP contribution in [0.25, 0.3) is 11.1 Å². The number of benzene rings is 2. The molecule has 0 spiro atoms. The maximum absolute atomic E-state index is 14.3. The number of piperidine rings is 1. The summed E-state index contributed by atoms with van der Waals surface area (Å²) in [4.78, 5) is 14.2. The van der Waals surface area contributed by atoms with Crippen LogP contribution in [0.4, 0.5) is 9.18 Å². The minimum Gasteiger partial charge on any atom is -0.493 e. The lowest BCUT2D eigenvalue weighted by atomic mass is 9.98. The molecule has 1 heterocycles. The molecule has 1 atom stereocenters. The molecule has 1 saturated heterocycles. The lowest BCUT2D eigenvalue weighted by Gasteiger charge is -2.31. The molecule has 0 radical (unpaired) electrons. The van der Waals surface area contributed by atoms with Crippen LogP contribution in [0.1, 0.15) is 26.7 Å². The summed E-state index contributed by atoms with van der Waals surface area (Å²) in [5.74, 6) is 0.721. The Hall–Kier alpha value is -2.41. The Labute approximate surface area is 179 Å². The van der Waals surface area contributed by atoms with Gasteiger partial charge in [-0.1, -0.05) is 18.2 Å². The number of hydrogen-bond acceptors (Lipinski definition) is 4. The van der Waals surface area contributed by atoms with Gasteiger partial charge in [0.15, 0.2) is 0 Å². The first-order valence-electron chi connectivity index (χ1n) is 10.1. The second-order valence-electron chi connectivity index (χ2n) is 7.79. The second-order valence-corrected chi connectivity index (χ2v) is 9.17. The lowest BCUT2D eigenvalue weighted by molar-refractivity contribution is 0.0608. The van der Waals surface area contributed by atoms with Crippen molar-refractivity contribution in [2.45, 2.75) is 37.7 Å². The number of hydrogen-bond donors (Lipinski definition) is 0. The van der Waals surface area contributed by atoms with Gasteiger partial charge in [0.2, 0.25) is 0 Å². The molecule has 1 fully saturated rings. The van der Waals surface area contributed by atoms with E-state index in [0.29, 0.717) is 36.1 Å². The van der Waals surface area contributed by atoms with E-state index in [4.69, 9.17) is 9.47 Å². The molecule has 0 N–H and O–H groups in total. The van der Waals surface area contributed by atoms with Crippen LogP contribution in [-0.4, -0.2) is 47.3 Å². The van der Waals surface area contributed by atoms with Crippen molar-refractivity contribution < 1.29 is 22.9 Å². The lowest BCUT2D eigenvalue weighted by Crippen LogP contribution is -2.40. The van der Waals surface area contributed by atoms with Gasteiger partial charge < -0.3 is 14.4 Å². The van der Waals surface area contributed by atoms with Crippen LogP contribution in [0.15, 0.2) is 47.4 Å². The number of amides is 1. The van der Waals surface area contributed by atoms with Crippen molar-refractivity contribution in [3.8, 4) is 16.9 Å². The molecule has 0 saturated carbocycles. The zero-order valence-electron chi connectivity index (χ0n) is 17.6. The molecule has 7 heteroatoms. The van der Waals surface area contributed by atoms with Crippen molar-refractivity contribution in [2.24, 2.45) is 5.92 Å². The van der Waals surface area contributed by atoms with E-state index >= 15 is 0 Å². The maximum Gasteiger partial charge on any atom is 0.410 e. The summed E-state index contributed by atoms with van der Waals surface area (Å²) in [5.41, 5.74) is 1.21. The summed E-state index contributed by atoms with van der Waals surface area (Å²) in [6.45, 7) is 5.63. The van der Waals surface area contributed by atoms with E-state index in [1.807, 2.05) is 38.1 Å². The molecule has 3 rings (SSSR count). The summed E-state index contributed by atoms with van der Waals surface area (Å²) >= 11 is 0. The molecule has 1 unspecified atom stereocenters. The Balaban J connectivity index is 1.51. The third-order valence-electron chi connectivity index (χ3n) is 5.13. The predicted octanol–water partition coefficient (Wildman–Crippen LogP) is 4.87. The van der Waals surface area contributed by atoms with E-state index in [1.165, 1.54) is 12.3 Å². The van der Waals surface area contributed by atoms with Gasteiger partial charge in [-0.25, -0.2) is 9.18 Å². The quantitative estimate of drug-likeness (QED) is 0.652. The molecule has 0 bridgehead atoms. The van der Waals surface area contributed by atoms with Gasteiger partial charge in [0.05, 0.1) is 12.7 Å². The van der Waals surface area contributed by atoms with Crippen molar-refractivity contribution in [2.75, 3.05) is 26.0 Å². The fourth-order valence-electron chi connectivity index (χ4n) is 3.41. The number of nitrogens with zero attached hydrogens (tertiary/aromatic N) is 1. The smallest absolute Gasteiger partial charge is 0.410 e. The van der Waals surface area contributed by atoms with Gasteiger partial charge in [-0.3, -0.25) is 4.21 Å². The second kappa shape index (κ2) is 10.1. The summed E-state index contributed by atoms with van der Waals surface area (Å²) in [6, 6.07) is 12.0. The molecule has 2 aromatic carbocycles. The number of rotatable bonds is 6. The van der Waals surface area contributed by atoms with Gasteiger partial charge in [0.25, 0.3) is 0 Å². The molecule has 2 aromatic rings. The summed E-state index contributed by atoms with van der Waals surface area (Å²) in [7, 11) is -1.21. The maximum atomic E-state index is 14.3. The van der Waals surface area contributed by atoms with Gasteiger partial charge >= 0.3 is 6.09 Å². The third kappa shape index (κ3) is 5.81. The van der Waals surface area contributed by atoms with Crippen molar-refractivity contribution in [3.63, 3.8) is 0 Å². The third-order valence-corrected chi connectivity index (χ3v) is 6.05. The van der Waals surface area contributed by atoms with E-state index in [0.717, 1.165) is 24.2 Å². The first-order chi connectivity index (χ1) is 14.3. The van der Waals surface area contributed by atoms with Gasteiger partial charge in [-0.05, 0) is 62.4 Å². The molecule has 1 aliphatic heterocycles. The van der Waals surface area contributed by atoms with Gasteiger partial charge in [0, 0.05) is 40.6 Å². The largest absolute Gasteiger partial charge is 0.493 e. The highest BCUT2D eigenvalue weighted by molar-refractivity contribution is 7.84. The first-order valence-corrected chi connectivity index (χ1v) is 11.7. The molecule has 5 nitrogen and oxygen atoms in total. The van der Waals surface area contributed by atoms with Gasteiger partial charge in [-0.2, -0.15) is 0 Å². The van der Waals surface area contributed by atoms with Gasteiger partial charge in [-0.15, -0.1) is 0 Å². The number of carbonyl (C=O) groups excluding carboxylic acids is 1. The summed E-state index contributed by atoms with van der Waals surface area (Å²) in [5, 5.41) is 0. The SMILES string of the molecule is CC(C)OC(=O)N1CCC(COc2ccc(-c3ccc(S(C)=O)cc3F)cc2)CC1. The molecule has 162 valence electrons. The molecular formula is C23H28FNO4S. The zero-order valence-corrected chi connectivity index (χ0v) is 18.4. The van der Waals surface area contributed by atoms with Crippen LogP contribution in [0.3, 0.4) is 0 Å². The van der Waals surface area contributed by atoms with Crippen molar-refractivity contribution >= 4 is 16.9 Å². The van der Waals surface area contributed by atoms with E-state index < -0.39 is 10.8 Å². The summed E-state index contributed by atoms with van der Waals surface area (Å²) < 4.78 is 37.0. The minimum absolute atomic E-state index is 0.108. The van der Waals surface area contributed by atoms with Crippen molar-refractivity contribution in [1.82, 2.24) is 4.90 Å². The Kier molecular flexibility index (Phi) is 7.48. The number of carbonyl (C=O) groups is 1. The van der Waals surface area contributed by atoms with E-state index in [1.54, 1.807) is 17.0 Å². The van der Waals surface area contributed by atoms with Crippen molar-refractivity contribution in [3.05, 3.63) is 48.3 Å². The standard InChI is InChI=1S/C23H28FNO4S/c1-16(2)29-23(26)25-12-10-17(11-13-25)15-28-19-6-4-18(5-7-19)21-9-8-20(30(3)27)14-22(21)24/h4-9,14,16-17H,10-13,15H2,1-3H3. The van der Waals surface area contributed by atoms with E-state index in [2.05, 4.69) is 0 Å². The van der Waals surface area contributed by atoms with Crippen LogP contribution in [0, 0.1) is 11.7 Å². The number of likely N-dealkylation sites (tertiary alicyclic amines) is 1. The van der Waals surface area contributed by atoms with Crippen LogP contribution >= 0.6 is 0 Å². The van der Waals surface area contributed by atoms with Crippen LogP contribution < -0.4 is 4.74 Å². The normalized spacial score (nSPS) is 15.8. The molecule has 0 aromatic heterocycles. The van der Waals surface area contributed by atoms with E-state index in [9.17, 15) is 13.4 Å². The van der Waals surface area contributed by atoms with Gasteiger partial charge in [0.1, 0.15) is 11.6 Å². The highest BCUT2D eigenvalue weighted by atomic mass is 32.2. The highest BCUT2D eigenvalue weighted by Gasteiger charge is 2.24. The Morgan fingerprint density at radius 2 is 1.83 bits per heavy atom. The minimum atomic E-state index is -1.21. The summed E-state index contributed by atoms with van der Waals surface area (Å²) in [6.07, 6.45) is 2.93. The Morgan fingerprint density at radius 1 is 1.17 bits per heavy atom. The average Bonchev–Trinajstić information content (AvgIpc) is 2.72. The monoisotopic (exact) mass is 433 g/mol. The fraction of sp³-hybridized carbons (Fsp3) is 0.435. The fourth-order valence-corrected chi connectivity index (χ4v) is 3.94. The van der Waals surface area contributed by atoms with Crippen LogP contribution in [0.5, 0.6) is 5.75 Å². The Bertz CT molecular complexity index is 893. The van der Waals surface area contributed by atoms with Crippen LogP contribution in [-0.2, 0) is 15.5 Å². The average molecular weight is 434 g/mol.